The van der Waals surface area contributed by atoms with Crippen molar-refractivity contribution in [2.45, 2.75) is 6.92 Å². The maximum Gasteiger partial charge on any atom is 0.340 e. The summed E-state index contributed by atoms with van der Waals surface area (Å²) in [4.78, 5) is 39.0. The Bertz CT molecular complexity index is 991. The number of anilines is 1. The maximum atomic E-state index is 14.3. The van der Waals surface area contributed by atoms with Crippen molar-refractivity contribution >= 4 is 34.9 Å². The first kappa shape index (κ1) is 21.7. The molecule has 0 spiro atoms. The number of benzene rings is 2. The number of carbonyl (C=O) groups is 3. The number of hydrogen-bond acceptors (Lipinski definition) is 5. The molecule has 0 N–H and O–H groups in total. The van der Waals surface area contributed by atoms with Gasteiger partial charge in [0.25, 0.3) is 5.91 Å². The molecule has 0 aromatic heterocycles. The van der Waals surface area contributed by atoms with Crippen molar-refractivity contribution in [1.29, 1.82) is 0 Å². The number of piperazine rings is 1. The van der Waals surface area contributed by atoms with Crippen LogP contribution < -0.4 is 4.90 Å². The van der Waals surface area contributed by atoms with Crippen molar-refractivity contribution in [3.8, 4) is 0 Å². The van der Waals surface area contributed by atoms with Gasteiger partial charge in [-0.3, -0.25) is 9.59 Å². The normalized spacial score (nSPS) is 13.9. The Labute approximate surface area is 177 Å². The number of halogens is 3. The summed E-state index contributed by atoms with van der Waals surface area (Å²) in [5, 5.41) is -0.0983. The van der Waals surface area contributed by atoms with E-state index in [4.69, 9.17) is 16.3 Å². The van der Waals surface area contributed by atoms with E-state index in [0.717, 1.165) is 12.1 Å². The Hall–Kier alpha value is -3.00. The highest BCUT2D eigenvalue weighted by Crippen LogP contribution is 2.22. The Morgan fingerprint density at radius 2 is 1.73 bits per heavy atom. The molecule has 30 heavy (non-hydrogen) atoms. The summed E-state index contributed by atoms with van der Waals surface area (Å²) >= 11 is 5.81. The first-order valence-electron chi connectivity index (χ1n) is 9.21. The molecule has 0 saturated carbocycles. The molecule has 0 aliphatic carbocycles. The molecule has 6 nitrogen and oxygen atoms in total. The Morgan fingerprint density at radius 3 is 2.33 bits per heavy atom. The number of ether oxygens (including phenoxy) is 1. The number of ketones is 1. The van der Waals surface area contributed by atoms with Gasteiger partial charge in [0, 0.05) is 31.7 Å². The van der Waals surface area contributed by atoms with Crippen LogP contribution in [0.15, 0.2) is 36.4 Å². The van der Waals surface area contributed by atoms with Gasteiger partial charge < -0.3 is 14.5 Å². The summed E-state index contributed by atoms with van der Waals surface area (Å²) in [6.45, 7) is 2.31. The van der Waals surface area contributed by atoms with Crippen LogP contribution in [0.3, 0.4) is 0 Å². The van der Waals surface area contributed by atoms with Gasteiger partial charge in [0.15, 0.2) is 12.4 Å². The van der Waals surface area contributed by atoms with E-state index in [9.17, 15) is 23.2 Å². The van der Waals surface area contributed by atoms with Gasteiger partial charge in [-0.15, -0.1) is 0 Å². The van der Waals surface area contributed by atoms with Crippen molar-refractivity contribution in [2.75, 3.05) is 37.7 Å². The van der Waals surface area contributed by atoms with Crippen molar-refractivity contribution in [1.82, 2.24) is 4.90 Å². The van der Waals surface area contributed by atoms with Gasteiger partial charge >= 0.3 is 5.97 Å². The summed E-state index contributed by atoms with van der Waals surface area (Å²) in [6, 6.07) is 7.58. The second kappa shape index (κ2) is 9.21. The highest BCUT2D eigenvalue weighted by Gasteiger charge is 2.24. The Balaban J connectivity index is 1.53. The minimum absolute atomic E-state index is 0.0276. The number of nitrogens with zero attached hydrogens (tertiary/aromatic N) is 2. The zero-order chi connectivity index (χ0) is 21.8. The number of Topliss-reactive ketones (excluding diaryl/α,β-unsaturated/α-hetero) is 1. The number of amides is 1. The lowest BCUT2D eigenvalue weighted by atomic mass is 10.1. The van der Waals surface area contributed by atoms with E-state index in [1.807, 2.05) is 0 Å². The third-order valence-electron chi connectivity index (χ3n) is 4.81. The zero-order valence-corrected chi connectivity index (χ0v) is 16.9. The fraction of sp³-hybridized carbons (Fsp3) is 0.286. The molecular formula is C21H19ClF2N2O4. The minimum atomic E-state index is -0.820. The molecule has 0 unspecified atom stereocenters. The van der Waals surface area contributed by atoms with Crippen LogP contribution in [0.5, 0.6) is 0 Å². The molecule has 1 heterocycles. The summed E-state index contributed by atoms with van der Waals surface area (Å²) in [5.41, 5.74) is 0.637. The van der Waals surface area contributed by atoms with E-state index < -0.39 is 30.1 Å². The predicted molar refractivity (Wildman–Crippen MR) is 107 cm³/mol. The van der Waals surface area contributed by atoms with Gasteiger partial charge in [-0.05, 0) is 43.3 Å². The predicted octanol–water partition coefficient (Wildman–Crippen LogP) is 3.33. The molecule has 0 atom stereocenters. The second-order valence-electron chi connectivity index (χ2n) is 6.79. The molecule has 0 radical (unpaired) electrons. The van der Waals surface area contributed by atoms with Crippen LogP contribution in [-0.2, 0) is 9.53 Å². The standard InChI is InChI=1S/C21H19ClF2N2O4/c1-13(27)14-2-5-19(18(24)10-14)25-6-8-26(9-7-25)20(28)12-30-21(29)16-4-3-15(23)11-17(16)22/h2-5,10-11H,6-9,12H2,1H3. The van der Waals surface area contributed by atoms with Crippen molar-refractivity contribution in [3.63, 3.8) is 0 Å². The highest BCUT2D eigenvalue weighted by atomic mass is 35.5. The molecule has 1 aliphatic rings. The van der Waals surface area contributed by atoms with Gasteiger partial charge in [0.2, 0.25) is 0 Å². The fourth-order valence-corrected chi connectivity index (χ4v) is 3.37. The number of hydrogen-bond donors (Lipinski definition) is 0. The van der Waals surface area contributed by atoms with E-state index in [2.05, 4.69) is 0 Å². The van der Waals surface area contributed by atoms with Gasteiger partial charge in [-0.2, -0.15) is 0 Å². The van der Waals surface area contributed by atoms with E-state index in [1.54, 1.807) is 17.0 Å². The van der Waals surface area contributed by atoms with Crippen LogP contribution in [0, 0.1) is 11.6 Å². The molecule has 9 heteroatoms. The molecule has 1 aliphatic heterocycles. The average molecular weight is 437 g/mol. The molecule has 2 aromatic rings. The molecule has 0 bridgehead atoms. The zero-order valence-electron chi connectivity index (χ0n) is 16.2. The third-order valence-corrected chi connectivity index (χ3v) is 5.12. The fourth-order valence-electron chi connectivity index (χ4n) is 3.13. The van der Waals surface area contributed by atoms with E-state index in [1.165, 1.54) is 24.0 Å². The summed E-state index contributed by atoms with van der Waals surface area (Å²) in [5.74, 6) is -2.51. The van der Waals surface area contributed by atoms with Gasteiger partial charge in [0.1, 0.15) is 11.6 Å². The average Bonchev–Trinajstić information content (AvgIpc) is 2.71. The lowest BCUT2D eigenvalue weighted by Gasteiger charge is -2.36. The molecular weight excluding hydrogens is 418 g/mol. The van der Waals surface area contributed by atoms with Gasteiger partial charge in [-0.1, -0.05) is 11.6 Å². The van der Waals surface area contributed by atoms with Crippen molar-refractivity contribution in [3.05, 3.63) is 64.2 Å². The van der Waals surface area contributed by atoms with Crippen molar-refractivity contribution in [2.24, 2.45) is 0 Å². The van der Waals surface area contributed by atoms with Crippen LogP contribution in [0.4, 0.5) is 14.5 Å². The number of carbonyl (C=O) groups excluding carboxylic acids is 3. The summed E-state index contributed by atoms with van der Waals surface area (Å²) in [7, 11) is 0. The smallest absolute Gasteiger partial charge is 0.340 e. The maximum absolute atomic E-state index is 14.3. The monoisotopic (exact) mass is 436 g/mol. The second-order valence-corrected chi connectivity index (χ2v) is 7.20. The number of esters is 1. The molecule has 1 saturated heterocycles. The molecule has 2 aromatic carbocycles. The summed E-state index contributed by atoms with van der Waals surface area (Å²) < 4.78 is 32.4. The summed E-state index contributed by atoms with van der Waals surface area (Å²) in [6.07, 6.45) is 0. The lowest BCUT2D eigenvalue weighted by Crippen LogP contribution is -2.50. The first-order chi connectivity index (χ1) is 14.3. The van der Waals surface area contributed by atoms with Crippen LogP contribution in [0.2, 0.25) is 5.02 Å². The molecule has 158 valence electrons. The Kier molecular flexibility index (Phi) is 6.66. The molecule has 1 fully saturated rings. The number of rotatable bonds is 5. The third kappa shape index (κ3) is 4.94. The molecule has 3 rings (SSSR count). The van der Waals surface area contributed by atoms with Crippen LogP contribution >= 0.6 is 11.6 Å². The van der Waals surface area contributed by atoms with Crippen LogP contribution in [0.25, 0.3) is 0 Å². The van der Waals surface area contributed by atoms with Gasteiger partial charge in [0.05, 0.1) is 16.3 Å². The molecule has 1 amide bonds. The van der Waals surface area contributed by atoms with Gasteiger partial charge in [-0.25, -0.2) is 13.6 Å². The highest BCUT2D eigenvalue weighted by molar-refractivity contribution is 6.33. The van der Waals surface area contributed by atoms with E-state index >= 15 is 0 Å². The quantitative estimate of drug-likeness (QED) is 0.531. The lowest BCUT2D eigenvalue weighted by molar-refractivity contribution is -0.134. The van der Waals surface area contributed by atoms with Crippen LogP contribution in [-0.4, -0.2) is 55.3 Å². The van der Waals surface area contributed by atoms with E-state index in [0.29, 0.717) is 37.4 Å². The van der Waals surface area contributed by atoms with E-state index in [-0.39, 0.29) is 16.4 Å². The SMILES string of the molecule is CC(=O)c1ccc(N2CCN(C(=O)COC(=O)c3ccc(F)cc3Cl)CC2)c(F)c1. The van der Waals surface area contributed by atoms with Crippen LogP contribution in [0.1, 0.15) is 27.6 Å². The minimum Gasteiger partial charge on any atom is -0.452 e. The topological polar surface area (TPSA) is 66.9 Å². The first-order valence-corrected chi connectivity index (χ1v) is 9.59. The van der Waals surface area contributed by atoms with Crippen molar-refractivity contribution < 1.29 is 27.9 Å². The largest absolute Gasteiger partial charge is 0.452 e. The Morgan fingerprint density at radius 1 is 1.03 bits per heavy atom.